The zero-order chi connectivity index (χ0) is 23.4. The molecule has 32 heavy (non-hydrogen) atoms. The molecule has 0 bridgehead atoms. The third-order valence-corrected chi connectivity index (χ3v) is 6.94. The first-order valence-electron chi connectivity index (χ1n) is 9.91. The first-order chi connectivity index (χ1) is 15.3. The third-order valence-electron chi connectivity index (χ3n) is 5.07. The summed E-state index contributed by atoms with van der Waals surface area (Å²) in [4.78, 5) is 32.5. The minimum Gasteiger partial charge on any atom is -0.494 e. The molecule has 8 nitrogen and oxygen atoms in total. The zero-order valence-electron chi connectivity index (χ0n) is 17.8. The Bertz CT molecular complexity index is 1150. The van der Waals surface area contributed by atoms with Crippen LogP contribution in [0.15, 0.2) is 30.3 Å². The van der Waals surface area contributed by atoms with Gasteiger partial charge in [-0.3, -0.25) is 19.8 Å². The molecule has 0 aliphatic rings. The van der Waals surface area contributed by atoms with Crippen molar-refractivity contribution in [2.45, 2.75) is 13.8 Å². The van der Waals surface area contributed by atoms with E-state index in [2.05, 4.69) is 9.88 Å². The minimum absolute atomic E-state index is 0.0396. The molecule has 1 amide bonds. The summed E-state index contributed by atoms with van der Waals surface area (Å²) >= 11 is 13.9. The Morgan fingerprint density at radius 2 is 1.84 bits per heavy atom. The Balaban J connectivity index is 2.09. The average molecular weight is 497 g/mol. The number of rotatable bonds is 9. The Morgan fingerprint density at radius 1 is 1.16 bits per heavy atom. The molecule has 170 valence electrons. The fourth-order valence-corrected chi connectivity index (χ4v) is 4.70. The molecule has 3 rings (SSSR count). The number of amides is 1. The molecule has 1 aromatic heterocycles. The summed E-state index contributed by atoms with van der Waals surface area (Å²) < 4.78 is 6.08. The predicted molar refractivity (Wildman–Crippen MR) is 129 cm³/mol. The number of nitro benzene ring substituents is 1. The average Bonchev–Trinajstić information content (AvgIpc) is 3.23. The number of carbonyl (C=O) groups excluding carboxylic acids is 1. The normalized spacial score (nSPS) is 11.2. The number of carbonyl (C=O) groups is 1. The van der Waals surface area contributed by atoms with E-state index >= 15 is 0 Å². The van der Waals surface area contributed by atoms with E-state index in [9.17, 15) is 14.9 Å². The maximum atomic E-state index is 13.5. The molecule has 0 radical (unpaired) electrons. The van der Waals surface area contributed by atoms with Gasteiger partial charge in [0, 0.05) is 25.2 Å². The van der Waals surface area contributed by atoms with Gasteiger partial charge in [-0.15, -0.1) is 0 Å². The van der Waals surface area contributed by atoms with Gasteiger partial charge in [0.2, 0.25) is 0 Å². The second kappa shape index (κ2) is 10.4. The van der Waals surface area contributed by atoms with E-state index in [0.717, 1.165) is 13.1 Å². The van der Waals surface area contributed by atoms with Crippen molar-refractivity contribution in [3.05, 3.63) is 56.1 Å². The largest absolute Gasteiger partial charge is 0.494 e. The summed E-state index contributed by atoms with van der Waals surface area (Å²) in [5.74, 6) is 0.0661. The number of aromatic nitrogens is 1. The van der Waals surface area contributed by atoms with E-state index in [-0.39, 0.29) is 16.3 Å². The van der Waals surface area contributed by atoms with Crippen LogP contribution >= 0.6 is 34.5 Å². The van der Waals surface area contributed by atoms with Crippen molar-refractivity contribution in [3.8, 4) is 5.75 Å². The maximum absolute atomic E-state index is 13.5. The molecule has 0 aliphatic carbocycles. The van der Waals surface area contributed by atoms with Crippen LogP contribution in [0.4, 0.5) is 10.8 Å². The van der Waals surface area contributed by atoms with E-state index in [0.29, 0.717) is 39.2 Å². The lowest BCUT2D eigenvalue weighted by Gasteiger charge is -2.25. The molecule has 0 aliphatic heterocycles. The fraction of sp³-hybridized carbons (Fsp3) is 0.333. The van der Waals surface area contributed by atoms with E-state index in [1.807, 2.05) is 13.8 Å². The molecule has 1 heterocycles. The van der Waals surface area contributed by atoms with Crippen molar-refractivity contribution in [2.75, 3.05) is 38.2 Å². The van der Waals surface area contributed by atoms with E-state index in [1.54, 1.807) is 12.1 Å². The summed E-state index contributed by atoms with van der Waals surface area (Å²) in [6, 6.07) is 7.24. The molecule has 0 unspecified atom stereocenters. The van der Waals surface area contributed by atoms with Gasteiger partial charge in [0.15, 0.2) is 5.13 Å². The molecule has 0 saturated carbocycles. The first kappa shape index (κ1) is 24.2. The van der Waals surface area contributed by atoms with Crippen molar-refractivity contribution in [1.82, 2.24) is 9.88 Å². The molecule has 11 heteroatoms. The topological polar surface area (TPSA) is 88.8 Å². The SMILES string of the molecule is CCN(CC)CCN(C(=O)c1cc([N+](=O)[O-])ccc1Cl)c1nc2c(OC)ccc(Cl)c2s1. The number of thiazole rings is 1. The lowest BCUT2D eigenvalue weighted by molar-refractivity contribution is -0.384. The number of anilines is 1. The van der Waals surface area contributed by atoms with Gasteiger partial charge in [0.25, 0.3) is 11.6 Å². The first-order valence-corrected chi connectivity index (χ1v) is 11.5. The number of likely N-dealkylation sites (N-methyl/N-ethyl adjacent to an activating group) is 1. The minimum atomic E-state index is -0.560. The molecule has 2 aromatic carbocycles. The quantitative estimate of drug-likeness (QED) is 0.286. The molecule has 3 aromatic rings. The lowest BCUT2D eigenvalue weighted by Crippen LogP contribution is -2.39. The lowest BCUT2D eigenvalue weighted by atomic mass is 10.1. The summed E-state index contributed by atoms with van der Waals surface area (Å²) in [5.41, 5.74) is 0.374. The number of methoxy groups -OCH3 is 1. The highest BCUT2D eigenvalue weighted by atomic mass is 35.5. The second-order valence-corrected chi connectivity index (χ2v) is 8.62. The van der Waals surface area contributed by atoms with Crippen LogP contribution in [-0.4, -0.2) is 54.0 Å². The van der Waals surface area contributed by atoms with Crippen LogP contribution < -0.4 is 9.64 Å². The maximum Gasteiger partial charge on any atom is 0.270 e. The fourth-order valence-electron chi connectivity index (χ4n) is 3.22. The third kappa shape index (κ3) is 4.96. The van der Waals surface area contributed by atoms with Crippen molar-refractivity contribution in [3.63, 3.8) is 0 Å². The Morgan fingerprint density at radius 3 is 2.47 bits per heavy atom. The van der Waals surface area contributed by atoms with E-state index in [4.69, 9.17) is 27.9 Å². The van der Waals surface area contributed by atoms with Crippen molar-refractivity contribution < 1.29 is 14.5 Å². The summed E-state index contributed by atoms with van der Waals surface area (Å²) in [7, 11) is 1.54. The number of nitrogens with zero attached hydrogens (tertiary/aromatic N) is 4. The predicted octanol–water partition coefficient (Wildman–Crippen LogP) is 5.51. The van der Waals surface area contributed by atoms with Gasteiger partial charge in [-0.2, -0.15) is 0 Å². The van der Waals surface area contributed by atoms with Crippen LogP contribution in [0.1, 0.15) is 24.2 Å². The number of fused-ring (bicyclic) bond motifs is 1. The summed E-state index contributed by atoms with van der Waals surface area (Å²) in [6.45, 7) is 6.61. The van der Waals surface area contributed by atoms with Gasteiger partial charge >= 0.3 is 0 Å². The van der Waals surface area contributed by atoms with Crippen molar-refractivity contribution in [1.29, 1.82) is 0 Å². The molecular formula is C21H22Cl2N4O4S. The smallest absolute Gasteiger partial charge is 0.270 e. The Kier molecular flexibility index (Phi) is 7.89. The number of hydrogen-bond acceptors (Lipinski definition) is 7. The van der Waals surface area contributed by atoms with Gasteiger partial charge in [0.05, 0.1) is 32.3 Å². The van der Waals surface area contributed by atoms with E-state index < -0.39 is 10.8 Å². The number of non-ortho nitro benzene ring substituents is 1. The number of halogens is 2. The summed E-state index contributed by atoms with van der Waals surface area (Å²) in [6.07, 6.45) is 0. The number of hydrogen-bond donors (Lipinski definition) is 0. The highest BCUT2D eigenvalue weighted by Gasteiger charge is 2.26. The van der Waals surface area contributed by atoms with Crippen LogP contribution in [-0.2, 0) is 0 Å². The standard InChI is InChI=1S/C21H22Cl2N4O4S/c1-4-25(5-2)10-11-26(20(28)14-12-13(27(29)30)6-7-15(14)22)21-24-18-17(31-3)9-8-16(23)19(18)32-21/h6-9,12H,4-5,10-11H2,1-3H3. The van der Waals surface area contributed by atoms with Crippen LogP contribution in [0, 0.1) is 10.1 Å². The van der Waals surface area contributed by atoms with Crippen molar-refractivity contribution >= 4 is 61.5 Å². The number of benzene rings is 2. The van der Waals surface area contributed by atoms with Gasteiger partial charge in [-0.25, -0.2) is 4.98 Å². The highest BCUT2D eigenvalue weighted by molar-refractivity contribution is 7.23. The number of nitro groups is 1. The van der Waals surface area contributed by atoms with Gasteiger partial charge < -0.3 is 9.64 Å². The van der Waals surface area contributed by atoms with Crippen molar-refractivity contribution in [2.24, 2.45) is 0 Å². The number of ether oxygens (including phenoxy) is 1. The van der Waals surface area contributed by atoms with Gasteiger partial charge in [-0.05, 0) is 31.3 Å². The monoisotopic (exact) mass is 496 g/mol. The molecule has 0 spiro atoms. The van der Waals surface area contributed by atoms with Crippen LogP contribution in [0.5, 0.6) is 5.75 Å². The van der Waals surface area contributed by atoms with Crippen LogP contribution in [0.2, 0.25) is 10.0 Å². The molecule has 0 saturated heterocycles. The highest BCUT2D eigenvalue weighted by Crippen LogP contribution is 2.39. The van der Waals surface area contributed by atoms with Gasteiger partial charge in [0.1, 0.15) is 11.3 Å². The molecule has 0 fully saturated rings. The molecular weight excluding hydrogens is 475 g/mol. The molecule has 0 N–H and O–H groups in total. The second-order valence-electron chi connectivity index (χ2n) is 6.83. The van der Waals surface area contributed by atoms with Gasteiger partial charge in [-0.1, -0.05) is 48.4 Å². The molecule has 0 atom stereocenters. The Hall–Kier alpha value is -2.46. The van der Waals surface area contributed by atoms with Crippen LogP contribution in [0.3, 0.4) is 0 Å². The summed E-state index contributed by atoms with van der Waals surface area (Å²) in [5, 5.41) is 12.3. The van der Waals surface area contributed by atoms with Crippen LogP contribution in [0.25, 0.3) is 10.2 Å². The zero-order valence-corrected chi connectivity index (χ0v) is 20.1. The van der Waals surface area contributed by atoms with E-state index in [1.165, 1.54) is 41.5 Å². The Labute approximate surface area is 199 Å².